The van der Waals surface area contributed by atoms with Crippen molar-refractivity contribution in [2.24, 2.45) is 0 Å². The Bertz CT molecular complexity index is 624. The predicted octanol–water partition coefficient (Wildman–Crippen LogP) is 5.56. The molecule has 118 valence electrons. The minimum absolute atomic E-state index is 0.00855. The second kappa shape index (κ2) is 5.82. The zero-order chi connectivity index (χ0) is 15.9. The molecule has 1 heterocycles. The molecule has 1 aromatic carbocycles. The van der Waals surface area contributed by atoms with Crippen molar-refractivity contribution in [3.05, 3.63) is 58.2 Å². The van der Waals surface area contributed by atoms with E-state index in [4.69, 9.17) is 23.2 Å². The Labute approximate surface area is 137 Å². The largest absolute Gasteiger partial charge is 0.412 e. The molecule has 6 heteroatoms. The van der Waals surface area contributed by atoms with Gasteiger partial charge in [-0.05, 0) is 36.6 Å². The zero-order valence-corrected chi connectivity index (χ0v) is 13.0. The fraction of sp³-hybridized carbons (Fsp3) is 0.375. The molecule has 1 aliphatic heterocycles. The van der Waals surface area contributed by atoms with Crippen LogP contribution in [0.2, 0.25) is 10.0 Å². The fourth-order valence-corrected chi connectivity index (χ4v) is 3.66. The predicted molar refractivity (Wildman–Crippen MR) is 82.2 cm³/mol. The molecule has 0 bridgehead atoms. The molecule has 0 aromatic heterocycles. The molecule has 3 atom stereocenters. The third-order valence-corrected chi connectivity index (χ3v) is 4.86. The van der Waals surface area contributed by atoms with Crippen LogP contribution in [0.5, 0.6) is 0 Å². The molecule has 22 heavy (non-hydrogen) atoms. The summed E-state index contributed by atoms with van der Waals surface area (Å²) in [4.78, 5) is 1.40. The lowest BCUT2D eigenvalue weighted by Crippen LogP contribution is -2.52. The molecule has 0 saturated heterocycles. The summed E-state index contributed by atoms with van der Waals surface area (Å²) < 4.78 is 39.6. The van der Waals surface area contributed by atoms with Crippen LogP contribution < -0.4 is 0 Å². The number of benzene rings is 1. The van der Waals surface area contributed by atoms with Crippen molar-refractivity contribution in [1.29, 1.82) is 0 Å². The van der Waals surface area contributed by atoms with E-state index in [0.29, 0.717) is 16.5 Å². The molecule has 1 fully saturated rings. The molecule has 0 amide bonds. The number of hydrogen-bond donors (Lipinski definition) is 0. The summed E-state index contributed by atoms with van der Waals surface area (Å²) in [5.41, 5.74) is 0.867. The summed E-state index contributed by atoms with van der Waals surface area (Å²) in [7, 11) is 0. The second-order valence-corrected chi connectivity index (χ2v) is 6.42. The third kappa shape index (κ3) is 2.86. The van der Waals surface area contributed by atoms with Gasteiger partial charge in [0.15, 0.2) is 0 Å². The first-order valence-electron chi connectivity index (χ1n) is 7.02. The Morgan fingerprint density at radius 1 is 1.09 bits per heavy atom. The van der Waals surface area contributed by atoms with Gasteiger partial charge in [0.2, 0.25) is 0 Å². The average Bonchev–Trinajstić information content (AvgIpc) is 2.40. The van der Waals surface area contributed by atoms with Gasteiger partial charge in [-0.2, -0.15) is 13.2 Å². The van der Waals surface area contributed by atoms with Crippen LogP contribution in [0.4, 0.5) is 13.2 Å². The van der Waals surface area contributed by atoms with E-state index in [1.54, 1.807) is 18.2 Å². The van der Waals surface area contributed by atoms with Crippen molar-refractivity contribution in [3.8, 4) is 0 Å². The summed E-state index contributed by atoms with van der Waals surface area (Å²) in [5.74, 6) is -0.00855. The van der Waals surface area contributed by atoms with Crippen molar-refractivity contribution >= 4 is 23.2 Å². The highest BCUT2D eigenvalue weighted by molar-refractivity contribution is 6.35. The van der Waals surface area contributed by atoms with Crippen LogP contribution in [0.3, 0.4) is 0 Å². The number of alkyl halides is 3. The van der Waals surface area contributed by atoms with Gasteiger partial charge in [-0.15, -0.1) is 0 Å². The van der Waals surface area contributed by atoms with Gasteiger partial charge in [0.1, 0.15) is 6.04 Å². The summed E-state index contributed by atoms with van der Waals surface area (Å²) in [6.07, 6.45) is 3.06. The van der Waals surface area contributed by atoms with Gasteiger partial charge in [-0.3, -0.25) is 0 Å². The SMILES string of the molecule is FC(F)(F)C1C=CC=CN1C1CCC1c1ccc(Cl)cc1Cl. The minimum Gasteiger partial charge on any atom is -0.359 e. The highest BCUT2D eigenvalue weighted by atomic mass is 35.5. The first-order chi connectivity index (χ1) is 10.4. The van der Waals surface area contributed by atoms with Gasteiger partial charge < -0.3 is 4.90 Å². The number of halogens is 5. The summed E-state index contributed by atoms with van der Waals surface area (Å²) in [6, 6.07) is 3.41. The number of rotatable bonds is 2. The molecule has 3 rings (SSSR count). The fourth-order valence-electron chi connectivity index (χ4n) is 3.11. The summed E-state index contributed by atoms with van der Waals surface area (Å²) >= 11 is 12.1. The highest BCUT2D eigenvalue weighted by Gasteiger charge is 2.47. The monoisotopic (exact) mass is 347 g/mol. The van der Waals surface area contributed by atoms with Crippen LogP contribution in [0.15, 0.2) is 42.6 Å². The average molecular weight is 348 g/mol. The molecule has 3 unspecified atom stereocenters. The Morgan fingerprint density at radius 2 is 1.86 bits per heavy atom. The van der Waals surface area contributed by atoms with Crippen molar-refractivity contribution < 1.29 is 13.2 Å². The Balaban J connectivity index is 1.86. The van der Waals surface area contributed by atoms with Gasteiger partial charge in [-0.1, -0.05) is 41.4 Å². The van der Waals surface area contributed by atoms with Crippen LogP contribution in [-0.2, 0) is 0 Å². The molecule has 0 N–H and O–H groups in total. The maximum atomic E-state index is 13.2. The summed E-state index contributed by atoms with van der Waals surface area (Å²) in [5, 5.41) is 1.04. The quantitative estimate of drug-likeness (QED) is 0.677. The molecule has 2 aliphatic rings. The van der Waals surface area contributed by atoms with Crippen LogP contribution in [0.25, 0.3) is 0 Å². The lowest BCUT2D eigenvalue weighted by molar-refractivity contribution is -0.173. The van der Waals surface area contributed by atoms with Crippen LogP contribution in [-0.4, -0.2) is 23.2 Å². The maximum Gasteiger partial charge on any atom is 0.412 e. The van der Waals surface area contributed by atoms with E-state index in [-0.39, 0.29) is 12.0 Å². The standard InChI is InChI=1S/C16H14Cl2F3N/c17-10-4-5-11(13(18)9-10)12-6-7-14(12)22-8-2-1-3-15(22)16(19,20)21/h1-5,8-9,12,14-15H,6-7H2. The molecular formula is C16H14Cl2F3N. The molecular weight excluding hydrogens is 334 g/mol. The van der Waals surface area contributed by atoms with Crippen LogP contribution >= 0.6 is 23.2 Å². The van der Waals surface area contributed by atoms with E-state index < -0.39 is 12.2 Å². The first kappa shape index (κ1) is 15.8. The Morgan fingerprint density at radius 3 is 2.45 bits per heavy atom. The van der Waals surface area contributed by atoms with Gasteiger partial charge >= 0.3 is 6.18 Å². The smallest absolute Gasteiger partial charge is 0.359 e. The second-order valence-electron chi connectivity index (χ2n) is 5.58. The first-order valence-corrected chi connectivity index (χ1v) is 7.77. The molecule has 0 radical (unpaired) electrons. The Kier molecular flexibility index (Phi) is 4.17. The van der Waals surface area contributed by atoms with E-state index in [9.17, 15) is 13.2 Å². The zero-order valence-electron chi connectivity index (χ0n) is 11.5. The number of allylic oxidation sites excluding steroid dienone is 2. The topological polar surface area (TPSA) is 3.24 Å². The van der Waals surface area contributed by atoms with E-state index in [0.717, 1.165) is 12.0 Å². The third-order valence-electron chi connectivity index (χ3n) is 4.30. The molecule has 1 aromatic rings. The van der Waals surface area contributed by atoms with Crippen LogP contribution in [0.1, 0.15) is 24.3 Å². The number of hydrogen-bond acceptors (Lipinski definition) is 1. The van der Waals surface area contributed by atoms with Gasteiger partial charge in [0, 0.05) is 28.2 Å². The minimum atomic E-state index is -4.29. The van der Waals surface area contributed by atoms with Gasteiger partial charge in [-0.25, -0.2) is 0 Å². The highest BCUT2D eigenvalue weighted by Crippen LogP contribution is 2.46. The Hall–Kier alpha value is -1.13. The van der Waals surface area contributed by atoms with Crippen molar-refractivity contribution in [3.63, 3.8) is 0 Å². The number of nitrogens with zero attached hydrogens (tertiary/aromatic N) is 1. The van der Waals surface area contributed by atoms with Crippen molar-refractivity contribution in [2.45, 2.75) is 37.0 Å². The molecule has 1 nitrogen and oxygen atoms in total. The van der Waals surface area contributed by atoms with Crippen molar-refractivity contribution in [2.75, 3.05) is 0 Å². The lowest BCUT2D eigenvalue weighted by atomic mass is 9.73. The molecule has 1 saturated carbocycles. The van der Waals surface area contributed by atoms with Gasteiger partial charge in [0.25, 0.3) is 0 Å². The lowest BCUT2D eigenvalue weighted by Gasteiger charge is -2.48. The van der Waals surface area contributed by atoms with E-state index in [1.165, 1.54) is 23.3 Å². The van der Waals surface area contributed by atoms with Crippen molar-refractivity contribution in [1.82, 2.24) is 4.90 Å². The molecule has 0 spiro atoms. The van der Waals surface area contributed by atoms with E-state index in [2.05, 4.69) is 0 Å². The van der Waals surface area contributed by atoms with Gasteiger partial charge in [0.05, 0.1) is 0 Å². The van der Waals surface area contributed by atoms with E-state index >= 15 is 0 Å². The van der Waals surface area contributed by atoms with E-state index in [1.807, 2.05) is 6.07 Å². The molecule has 1 aliphatic carbocycles. The van der Waals surface area contributed by atoms with Crippen LogP contribution in [0, 0.1) is 0 Å². The summed E-state index contributed by atoms with van der Waals surface area (Å²) in [6.45, 7) is 0. The maximum absolute atomic E-state index is 13.2. The normalized spacial score (nSPS) is 27.9.